The monoisotopic (exact) mass is 218 g/mol. The second-order valence-corrected chi connectivity index (χ2v) is 4.52. The first-order valence-corrected chi connectivity index (χ1v) is 5.30. The molecule has 0 amide bonds. The van der Waals surface area contributed by atoms with Crippen LogP contribution in [-0.2, 0) is 5.54 Å². The van der Waals surface area contributed by atoms with E-state index in [4.69, 9.17) is 5.73 Å². The van der Waals surface area contributed by atoms with E-state index in [1.807, 2.05) is 6.92 Å². The second kappa shape index (κ2) is 3.95. The molecule has 0 aromatic carbocycles. The number of nitrogens with zero attached hydrogens (tertiary/aromatic N) is 1. The highest BCUT2D eigenvalue weighted by atomic mass is 35.5. The van der Waals surface area contributed by atoms with E-state index in [0.717, 1.165) is 23.5 Å². The van der Waals surface area contributed by atoms with E-state index >= 15 is 0 Å². The fraction of sp³-hybridized carbons (Fsp3) is 0.667. The van der Waals surface area contributed by atoms with Crippen molar-refractivity contribution in [3.05, 3.63) is 16.1 Å². The second-order valence-electron chi connectivity index (χ2n) is 3.66. The topological polar surface area (TPSA) is 38.9 Å². The van der Waals surface area contributed by atoms with Gasteiger partial charge in [0.2, 0.25) is 0 Å². The molecule has 1 aromatic rings. The zero-order valence-electron chi connectivity index (χ0n) is 7.75. The van der Waals surface area contributed by atoms with Gasteiger partial charge < -0.3 is 5.73 Å². The van der Waals surface area contributed by atoms with Crippen molar-refractivity contribution in [2.45, 2.75) is 38.1 Å². The molecule has 74 valence electrons. The average molecular weight is 219 g/mol. The minimum Gasteiger partial charge on any atom is -0.319 e. The van der Waals surface area contributed by atoms with Gasteiger partial charge in [-0.25, -0.2) is 4.98 Å². The molecular weight excluding hydrogens is 204 g/mol. The number of nitrogens with two attached hydrogens (primary N) is 1. The molecule has 1 saturated carbocycles. The number of aryl methyl sites for hydroxylation is 1. The summed E-state index contributed by atoms with van der Waals surface area (Å²) in [5, 5.41) is 3.22. The van der Waals surface area contributed by atoms with Gasteiger partial charge in [-0.05, 0) is 19.8 Å². The normalized spacial score (nSPS) is 19.8. The Labute approximate surface area is 89.0 Å². The molecule has 0 atom stereocenters. The van der Waals surface area contributed by atoms with Gasteiger partial charge in [0.1, 0.15) is 5.01 Å². The lowest BCUT2D eigenvalue weighted by molar-refractivity contribution is 0.458. The highest BCUT2D eigenvalue weighted by Crippen LogP contribution is 2.37. The van der Waals surface area contributed by atoms with Gasteiger partial charge in [-0.15, -0.1) is 23.7 Å². The highest BCUT2D eigenvalue weighted by Gasteiger charge is 2.33. The lowest BCUT2D eigenvalue weighted by atomic mass is 10.0. The van der Waals surface area contributed by atoms with Crippen LogP contribution in [0.25, 0.3) is 0 Å². The molecule has 0 spiro atoms. The van der Waals surface area contributed by atoms with Gasteiger partial charge in [-0.2, -0.15) is 0 Å². The minimum atomic E-state index is -0.0844. The van der Waals surface area contributed by atoms with Crippen LogP contribution in [0.15, 0.2) is 5.38 Å². The first-order chi connectivity index (χ1) is 5.71. The summed E-state index contributed by atoms with van der Waals surface area (Å²) in [6.45, 7) is 2.03. The number of halogens is 1. The van der Waals surface area contributed by atoms with Gasteiger partial charge in [0.15, 0.2) is 0 Å². The van der Waals surface area contributed by atoms with E-state index in [-0.39, 0.29) is 17.9 Å². The summed E-state index contributed by atoms with van der Waals surface area (Å²) in [6, 6.07) is 0. The van der Waals surface area contributed by atoms with E-state index in [9.17, 15) is 0 Å². The molecule has 1 aliphatic rings. The van der Waals surface area contributed by atoms with Crippen LogP contribution in [-0.4, -0.2) is 4.98 Å². The molecule has 1 aromatic heterocycles. The molecule has 13 heavy (non-hydrogen) atoms. The zero-order chi connectivity index (χ0) is 8.60. The van der Waals surface area contributed by atoms with Crippen molar-refractivity contribution >= 4 is 23.7 Å². The summed E-state index contributed by atoms with van der Waals surface area (Å²) < 4.78 is 0. The fourth-order valence-corrected chi connectivity index (χ4v) is 2.77. The van der Waals surface area contributed by atoms with Crippen LogP contribution in [0.2, 0.25) is 0 Å². The molecule has 1 heterocycles. The van der Waals surface area contributed by atoms with Gasteiger partial charge >= 0.3 is 0 Å². The molecule has 0 saturated heterocycles. The van der Waals surface area contributed by atoms with E-state index in [1.54, 1.807) is 11.3 Å². The molecule has 0 unspecified atom stereocenters. The molecule has 1 fully saturated rings. The number of rotatable bonds is 1. The van der Waals surface area contributed by atoms with Gasteiger partial charge in [-0.3, -0.25) is 0 Å². The Morgan fingerprint density at radius 1 is 1.46 bits per heavy atom. The van der Waals surface area contributed by atoms with Crippen molar-refractivity contribution in [3.63, 3.8) is 0 Å². The molecule has 2 nitrogen and oxygen atoms in total. The summed E-state index contributed by atoms with van der Waals surface area (Å²) in [7, 11) is 0. The predicted octanol–water partition coefficient (Wildman–Crippen LogP) is 2.60. The van der Waals surface area contributed by atoms with Crippen LogP contribution in [0.1, 0.15) is 36.4 Å². The third-order valence-electron chi connectivity index (χ3n) is 2.54. The van der Waals surface area contributed by atoms with Crippen molar-refractivity contribution < 1.29 is 0 Å². The van der Waals surface area contributed by atoms with Crippen molar-refractivity contribution in [2.75, 3.05) is 0 Å². The summed E-state index contributed by atoms with van der Waals surface area (Å²) in [6.07, 6.45) is 4.74. The van der Waals surface area contributed by atoms with Crippen LogP contribution in [0.5, 0.6) is 0 Å². The number of hydrogen-bond acceptors (Lipinski definition) is 3. The maximum absolute atomic E-state index is 6.24. The largest absolute Gasteiger partial charge is 0.319 e. The maximum Gasteiger partial charge on any atom is 0.113 e. The van der Waals surface area contributed by atoms with Gasteiger partial charge in [0, 0.05) is 11.1 Å². The molecule has 0 radical (unpaired) electrons. The van der Waals surface area contributed by atoms with E-state index in [1.165, 1.54) is 12.8 Å². The smallest absolute Gasteiger partial charge is 0.113 e. The SMILES string of the molecule is Cc1csc(C2(N)CCCC2)n1.Cl. The first-order valence-electron chi connectivity index (χ1n) is 4.42. The first kappa shape index (κ1) is 11.0. The summed E-state index contributed by atoms with van der Waals surface area (Å²) in [5.74, 6) is 0. The number of thiazole rings is 1. The predicted molar refractivity (Wildman–Crippen MR) is 58.4 cm³/mol. The van der Waals surface area contributed by atoms with Gasteiger partial charge in [-0.1, -0.05) is 12.8 Å². The van der Waals surface area contributed by atoms with E-state index < -0.39 is 0 Å². The summed E-state index contributed by atoms with van der Waals surface area (Å²) >= 11 is 1.71. The average Bonchev–Trinajstić information content (AvgIpc) is 2.59. The van der Waals surface area contributed by atoms with Crippen molar-refractivity contribution in [3.8, 4) is 0 Å². The quantitative estimate of drug-likeness (QED) is 0.787. The van der Waals surface area contributed by atoms with Crippen LogP contribution in [0, 0.1) is 6.92 Å². The Hall–Kier alpha value is -0.120. The van der Waals surface area contributed by atoms with Crippen LogP contribution >= 0.6 is 23.7 Å². The fourth-order valence-electron chi connectivity index (χ4n) is 1.80. The van der Waals surface area contributed by atoms with Crippen LogP contribution in [0.4, 0.5) is 0 Å². The highest BCUT2D eigenvalue weighted by molar-refractivity contribution is 7.09. The Bertz CT molecular complexity index is 279. The standard InChI is InChI=1S/C9H14N2S.ClH/c1-7-6-12-8(11-7)9(10)4-2-3-5-9;/h6H,2-5,10H2,1H3;1H. The Morgan fingerprint density at radius 2 is 2.08 bits per heavy atom. The maximum atomic E-state index is 6.24. The molecular formula is C9H15ClN2S. The molecule has 4 heteroatoms. The van der Waals surface area contributed by atoms with Crippen LogP contribution in [0.3, 0.4) is 0 Å². The van der Waals surface area contributed by atoms with Gasteiger partial charge in [0.05, 0.1) is 5.54 Å². The zero-order valence-corrected chi connectivity index (χ0v) is 9.38. The third kappa shape index (κ3) is 2.03. The summed E-state index contributed by atoms with van der Waals surface area (Å²) in [5.41, 5.74) is 7.26. The number of hydrogen-bond donors (Lipinski definition) is 1. The molecule has 2 rings (SSSR count). The molecule has 1 aliphatic carbocycles. The van der Waals surface area contributed by atoms with Crippen LogP contribution < -0.4 is 5.73 Å². The van der Waals surface area contributed by atoms with Crippen molar-refractivity contribution in [1.82, 2.24) is 4.98 Å². The Kier molecular flexibility index (Phi) is 3.33. The Morgan fingerprint density at radius 3 is 2.54 bits per heavy atom. The van der Waals surface area contributed by atoms with E-state index in [0.29, 0.717) is 0 Å². The lowest BCUT2D eigenvalue weighted by Crippen LogP contribution is -2.32. The number of aromatic nitrogens is 1. The van der Waals surface area contributed by atoms with E-state index in [2.05, 4.69) is 10.4 Å². The Balaban J connectivity index is 0.000000845. The lowest BCUT2D eigenvalue weighted by Gasteiger charge is -2.19. The third-order valence-corrected chi connectivity index (χ3v) is 3.72. The van der Waals surface area contributed by atoms with Gasteiger partial charge in [0.25, 0.3) is 0 Å². The van der Waals surface area contributed by atoms with Crippen molar-refractivity contribution in [2.24, 2.45) is 5.73 Å². The summed E-state index contributed by atoms with van der Waals surface area (Å²) in [4.78, 5) is 4.46. The van der Waals surface area contributed by atoms with Crippen molar-refractivity contribution in [1.29, 1.82) is 0 Å². The minimum absolute atomic E-state index is 0. The molecule has 2 N–H and O–H groups in total. The molecule has 0 aliphatic heterocycles. The molecule has 0 bridgehead atoms.